The van der Waals surface area contributed by atoms with Crippen LogP contribution in [0.2, 0.25) is 0 Å². The van der Waals surface area contributed by atoms with Gasteiger partial charge in [0.1, 0.15) is 0 Å². The van der Waals surface area contributed by atoms with E-state index in [9.17, 15) is 9.90 Å². The zero-order chi connectivity index (χ0) is 25.6. The molecule has 0 radical (unpaired) electrons. The Labute approximate surface area is 223 Å². The molecule has 2 aliphatic rings. The number of rotatable bonds is 9. The summed E-state index contributed by atoms with van der Waals surface area (Å²) in [7, 11) is 0. The van der Waals surface area contributed by atoms with Crippen molar-refractivity contribution in [2.24, 2.45) is 5.92 Å². The molecule has 2 aliphatic heterocycles. The summed E-state index contributed by atoms with van der Waals surface area (Å²) < 4.78 is 13.6. The number of amides is 1. The number of benzene rings is 2. The van der Waals surface area contributed by atoms with Gasteiger partial charge in [-0.05, 0) is 53.8 Å². The van der Waals surface area contributed by atoms with Crippen molar-refractivity contribution in [1.29, 1.82) is 0 Å². The summed E-state index contributed by atoms with van der Waals surface area (Å²) in [6.45, 7) is 6.48. The molecule has 7 heteroatoms. The van der Waals surface area contributed by atoms with Gasteiger partial charge in [0.05, 0.1) is 0 Å². The average Bonchev–Trinajstić information content (AvgIpc) is 3.37. The second-order valence-electron chi connectivity index (χ2n) is 9.77. The van der Waals surface area contributed by atoms with Gasteiger partial charge in [-0.25, -0.2) is 0 Å². The number of carbonyl (C=O) groups is 1. The molecule has 1 amide bonds. The summed E-state index contributed by atoms with van der Waals surface area (Å²) in [4.78, 5) is 18.0. The van der Waals surface area contributed by atoms with Gasteiger partial charge in [0.15, 0.2) is 5.76 Å². The zero-order valence-corrected chi connectivity index (χ0v) is 22.2. The monoisotopic (exact) mass is 520 g/mol. The second-order valence-corrected chi connectivity index (χ2v) is 10.7. The molecular weight excluding hydrogens is 484 g/mol. The summed E-state index contributed by atoms with van der Waals surface area (Å²) in [5, 5.41) is 13.0. The first-order valence-corrected chi connectivity index (χ1v) is 14.2. The molecule has 5 rings (SSSR count). The highest BCUT2D eigenvalue weighted by atomic mass is 32.1. The first-order valence-electron chi connectivity index (χ1n) is 13.3. The molecule has 3 heterocycles. The Morgan fingerprint density at radius 1 is 1.08 bits per heavy atom. The van der Waals surface area contributed by atoms with E-state index in [-0.39, 0.29) is 24.3 Å². The molecule has 1 fully saturated rings. The van der Waals surface area contributed by atoms with Gasteiger partial charge in [0, 0.05) is 62.5 Å². The van der Waals surface area contributed by atoms with Crippen LogP contribution in [0, 0.1) is 5.92 Å². The molecule has 2 aromatic carbocycles. The van der Waals surface area contributed by atoms with E-state index in [0.717, 1.165) is 26.1 Å². The molecule has 0 saturated carbocycles. The molecule has 0 spiro atoms. The minimum atomic E-state index is -0.525. The van der Waals surface area contributed by atoms with Crippen LogP contribution in [0.5, 0.6) is 0 Å². The maximum absolute atomic E-state index is 13.7. The van der Waals surface area contributed by atoms with E-state index in [1.54, 1.807) is 11.3 Å². The van der Waals surface area contributed by atoms with Gasteiger partial charge in [-0.15, -0.1) is 11.3 Å². The van der Waals surface area contributed by atoms with Gasteiger partial charge < -0.3 is 19.5 Å². The number of aliphatic hydroxyl groups is 1. The van der Waals surface area contributed by atoms with Crippen LogP contribution in [-0.4, -0.2) is 66.5 Å². The topological polar surface area (TPSA) is 62.2 Å². The summed E-state index contributed by atoms with van der Waals surface area (Å²) in [6.07, 6.45) is 2.91. The third kappa shape index (κ3) is 5.91. The number of hydrogen-bond donors (Lipinski definition) is 1. The Kier molecular flexibility index (Phi) is 8.56. The average molecular weight is 521 g/mol. The standard InChI is InChI=1S/C30H36N2O4S/c1-2-35-30-24(12-8-18-33)25(26-21-37-28-13-7-6-11-23(26)28)19-27(36-30)29(34)32-16-14-31(15-17-32)20-22-9-4-3-5-10-22/h3-7,9-11,13,19,21,24-25,30,33H,2,8,12,14-18,20H2,1H3/t24-,25+,30-/m1/s1. The van der Waals surface area contributed by atoms with Crippen LogP contribution in [0.25, 0.3) is 10.1 Å². The van der Waals surface area contributed by atoms with Gasteiger partial charge in [0.2, 0.25) is 6.29 Å². The predicted molar refractivity (Wildman–Crippen MR) is 147 cm³/mol. The van der Waals surface area contributed by atoms with Crippen LogP contribution in [0.3, 0.4) is 0 Å². The minimum Gasteiger partial charge on any atom is -0.459 e. The van der Waals surface area contributed by atoms with Crippen molar-refractivity contribution >= 4 is 27.3 Å². The normalized spacial score (nSPS) is 22.6. The van der Waals surface area contributed by atoms with Crippen molar-refractivity contribution < 1.29 is 19.4 Å². The Bertz CT molecular complexity index is 1200. The van der Waals surface area contributed by atoms with Crippen molar-refractivity contribution in [3.05, 3.63) is 82.9 Å². The third-order valence-electron chi connectivity index (χ3n) is 7.40. The first kappa shape index (κ1) is 25.9. The molecule has 1 aromatic heterocycles. The minimum absolute atomic E-state index is 0.0179. The van der Waals surface area contributed by atoms with E-state index in [1.165, 1.54) is 21.2 Å². The van der Waals surface area contributed by atoms with Crippen LogP contribution in [-0.2, 0) is 20.8 Å². The maximum atomic E-state index is 13.7. The molecule has 3 aromatic rings. The zero-order valence-electron chi connectivity index (χ0n) is 21.4. The molecule has 196 valence electrons. The molecular formula is C30H36N2O4S. The number of ether oxygens (including phenoxy) is 2. The number of fused-ring (bicyclic) bond motifs is 1. The van der Waals surface area contributed by atoms with Gasteiger partial charge in [-0.2, -0.15) is 0 Å². The number of carbonyl (C=O) groups excluding carboxylic acids is 1. The molecule has 0 unspecified atom stereocenters. The van der Waals surface area contributed by atoms with Gasteiger partial charge in [-0.3, -0.25) is 9.69 Å². The van der Waals surface area contributed by atoms with Crippen molar-refractivity contribution in [3.63, 3.8) is 0 Å². The number of nitrogens with zero attached hydrogens (tertiary/aromatic N) is 2. The van der Waals surface area contributed by atoms with E-state index < -0.39 is 6.29 Å². The fourth-order valence-electron chi connectivity index (χ4n) is 5.48. The number of thiophene rings is 1. The van der Waals surface area contributed by atoms with Crippen LogP contribution in [0.1, 0.15) is 36.8 Å². The number of allylic oxidation sites excluding steroid dienone is 1. The lowest BCUT2D eigenvalue weighted by Gasteiger charge is -2.39. The largest absolute Gasteiger partial charge is 0.459 e. The Morgan fingerprint density at radius 3 is 2.59 bits per heavy atom. The van der Waals surface area contributed by atoms with Crippen molar-refractivity contribution in [1.82, 2.24) is 9.80 Å². The summed E-state index contributed by atoms with van der Waals surface area (Å²) in [5.74, 6) is 0.320. The van der Waals surface area contributed by atoms with Crippen LogP contribution in [0.4, 0.5) is 0 Å². The molecule has 6 nitrogen and oxygen atoms in total. The summed E-state index contributed by atoms with van der Waals surface area (Å²) in [6, 6.07) is 18.9. The van der Waals surface area contributed by atoms with Crippen LogP contribution in [0.15, 0.2) is 71.8 Å². The van der Waals surface area contributed by atoms with Crippen molar-refractivity contribution in [2.45, 2.75) is 38.5 Å². The number of hydrogen-bond acceptors (Lipinski definition) is 6. The van der Waals surface area contributed by atoms with E-state index in [2.05, 4.69) is 58.8 Å². The molecule has 37 heavy (non-hydrogen) atoms. The highest BCUT2D eigenvalue weighted by Gasteiger charge is 2.40. The van der Waals surface area contributed by atoms with Gasteiger partial charge >= 0.3 is 0 Å². The highest BCUT2D eigenvalue weighted by molar-refractivity contribution is 7.17. The first-order chi connectivity index (χ1) is 18.2. The maximum Gasteiger partial charge on any atom is 0.288 e. The lowest BCUT2D eigenvalue weighted by Crippen LogP contribution is -2.49. The fraction of sp³-hybridized carbons (Fsp3) is 0.433. The Balaban J connectivity index is 1.37. The van der Waals surface area contributed by atoms with Crippen molar-refractivity contribution in [2.75, 3.05) is 39.4 Å². The highest BCUT2D eigenvalue weighted by Crippen LogP contribution is 2.43. The molecule has 1 N–H and O–H groups in total. The fourth-order valence-corrected chi connectivity index (χ4v) is 6.49. The molecule has 0 bridgehead atoms. The summed E-state index contributed by atoms with van der Waals surface area (Å²) >= 11 is 1.73. The van der Waals surface area contributed by atoms with E-state index in [1.807, 2.05) is 24.0 Å². The van der Waals surface area contributed by atoms with Gasteiger partial charge in [-0.1, -0.05) is 48.5 Å². The van der Waals surface area contributed by atoms with Gasteiger partial charge in [0.25, 0.3) is 5.91 Å². The molecule has 3 atom stereocenters. The van der Waals surface area contributed by atoms with Crippen LogP contribution < -0.4 is 0 Å². The quantitative estimate of drug-likeness (QED) is 0.431. The Morgan fingerprint density at radius 2 is 1.84 bits per heavy atom. The van der Waals surface area contributed by atoms with E-state index in [0.29, 0.717) is 31.9 Å². The molecule has 0 aliphatic carbocycles. The van der Waals surface area contributed by atoms with Crippen molar-refractivity contribution in [3.8, 4) is 0 Å². The van der Waals surface area contributed by atoms with E-state index >= 15 is 0 Å². The van der Waals surface area contributed by atoms with Crippen LogP contribution >= 0.6 is 11.3 Å². The number of aliphatic hydroxyl groups excluding tert-OH is 1. The second kappa shape index (κ2) is 12.2. The van der Waals surface area contributed by atoms with E-state index in [4.69, 9.17) is 9.47 Å². The lowest BCUT2D eigenvalue weighted by atomic mass is 9.80. The molecule has 1 saturated heterocycles. The summed E-state index contributed by atoms with van der Waals surface area (Å²) in [5.41, 5.74) is 2.49. The predicted octanol–water partition coefficient (Wildman–Crippen LogP) is 4.99. The SMILES string of the molecule is CCO[C@@H]1OC(C(=O)N2CCN(Cc3ccccc3)CC2)=C[C@H](c2csc3ccccc23)[C@H]1CCCO. The third-order valence-corrected chi connectivity index (χ3v) is 8.38. The smallest absolute Gasteiger partial charge is 0.288 e. The number of piperazine rings is 1. The lowest BCUT2D eigenvalue weighted by molar-refractivity contribution is -0.170. The Hall–Kier alpha value is -2.71.